The smallest absolute Gasteiger partial charge is 0.0934 e. The van der Waals surface area contributed by atoms with Crippen molar-refractivity contribution < 1.29 is 4.74 Å². The van der Waals surface area contributed by atoms with Crippen molar-refractivity contribution in [1.82, 2.24) is 10.3 Å². The quantitative estimate of drug-likeness (QED) is 0.736. The molecule has 0 spiro atoms. The van der Waals surface area contributed by atoms with Crippen LogP contribution in [0.3, 0.4) is 0 Å². The van der Waals surface area contributed by atoms with E-state index >= 15 is 0 Å². The van der Waals surface area contributed by atoms with E-state index in [9.17, 15) is 0 Å². The predicted octanol–water partition coefficient (Wildman–Crippen LogP) is 2.96. The van der Waals surface area contributed by atoms with Crippen LogP contribution >= 0.6 is 11.3 Å². The Labute approximate surface area is 114 Å². The van der Waals surface area contributed by atoms with E-state index in [4.69, 9.17) is 9.72 Å². The summed E-state index contributed by atoms with van der Waals surface area (Å²) in [6, 6.07) is 0. The molecular weight excluding hydrogens is 244 g/mol. The molecule has 1 aliphatic rings. The zero-order valence-corrected chi connectivity index (χ0v) is 12.5. The first kappa shape index (κ1) is 14.0. The van der Waals surface area contributed by atoms with Crippen LogP contribution in [0.4, 0.5) is 0 Å². The number of aromatic nitrogens is 1. The van der Waals surface area contributed by atoms with E-state index in [2.05, 4.69) is 19.2 Å². The van der Waals surface area contributed by atoms with E-state index in [1.807, 2.05) is 11.3 Å². The fraction of sp³-hybridized carbons (Fsp3) is 0.786. The van der Waals surface area contributed by atoms with Gasteiger partial charge in [0.15, 0.2) is 0 Å². The Morgan fingerprint density at radius 2 is 2.22 bits per heavy atom. The van der Waals surface area contributed by atoms with Gasteiger partial charge in [-0.1, -0.05) is 13.8 Å². The molecule has 0 amide bonds. The van der Waals surface area contributed by atoms with Gasteiger partial charge in [-0.25, -0.2) is 4.98 Å². The normalized spacial score (nSPS) is 15.6. The van der Waals surface area contributed by atoms with Crippen LogP contribution in [0.2, 0.25) is 0 Å². The Kier molecular flexibility index (Phi) is 5.15. The Morgan fingerprint density at radius 1 is 1.44 bits per heavy atom. The fourth-order valence-electron chi connectivity index (χ4n) is 2.03. The third kappa shape index (κ3) is 4.04. The summed E-state index contributed by atoms with van der Waals surface area (Å²) in [5, 5.41) is 4.75. The van der Waals surface area contributed by atoms with Gasteiger partial charge >= 0.3 is 0 Å². The molecule has 1 saturated carbocycles. The maximum atomic E-state index is 5.05. The summed E-state index contributed by atoms with van der Waals surface area (Å²) in [6.45, 7) is 7.16. The number of ether oxygens (including phenoxy) is 1. The zero-order valence-electron chi connectivity index (χ0n) is 11.7. The standard InChI is InChI=1S/C14H24N2OS/c1-10(2)8-13-16-14(11-4-5-11)12(18-13)9-15-6-7-17-3/h10-11,15H,4-9H2,1-3H3. The van der Waals surface area contributed by atoms with Gasteiger partial charge in [-0.05, 0) is 18.8 Å². The second-order valence-electron chi connectivity index (χ2n) is 5.46. The molecule has 1 aromatic rings. The molecule has 0 bridgehead atoms. The fourth-order valence-corrected chi connectivity index (χ4v) is 3.37. The highest BCUT2D eigenvalue weighted by molar-refractivity contribution is 7.11. The molecule has 0 atom stereocenters. The number of hydrogen-bond donors (Lipinski definition) is 1. The summed E-state index contributed by atoms with van der Waals surface area (Å²) in [7, 11) is 1.74. The van der Waals surface area contributed by atoms with Crippen LogP contribution in [0.5, 0.6) is 0 Å². The van der Waals surface area contributed by atoms with Crippen molar-refractivity contribution in [3.05, 3.63) is 15.6 Å². The molecule has 18 heavy (non-hydrogen) atoms. The third-order valence-corrected chi connectivity index (χ3v) is 4.18. The monoisotopic (exact) mass is 268 g/mol. The lowest BCUT2D eigenvalue weighted by molar-refractivity contribution is 0.199. The Hall–Kier alpha value is -0.450. The molecule has 2 rings (SSSR count). The maximum absolute atomic E-state index is 5.05. The van der Waals surface area contributed by atoms with E-state index in [0.717, 1.165) is 32.0 Å². The Morgan fingerprint density at radius 3 is 2.83 bits per heavy atom. The highest BCUT2D eigenvalue weighted by Crippen LogP contribution is 2.42. The molecule has 1 N–H and O–H groups in total. The molecule has 0 aromatic carbocycles. The summed E-state index contributed by atoms with van der Waals surface area (Å²) in [5.74, 6) is 1.44. The van der Waals surface area contributed by atoms with Gasteiger partial charge in [0.1, 0.15) is 0 Å². The van der Waals surface area contributed by atoms with Gasteiger partial charge in [0.25, 0.3) is 0 Å². The van der Waals surface area contributed by atoms with E-state index in [0.29, 0.717) is 5.92 Å². The van der Waals surface area contributed by atoms with E-state index in [1.165, 1.54) is 28.4 Å². The van der Waals surface area contributed by atoms with Crippen molar-refractivity contribution in [3.8, 4) is 0 Å². The van der Waals surface area contributed by atoms with Crippen LogP contribution in [-0.4, -0.2) is 25.2 Å². The molecule has 0 saturated heterocycles. The molecule has 1 aromatic heterocycles. The zero-order chi connectivity index (χ0) is 13.0. The number of nitrogens with zero attached hydrogens (tertiary/aromatic N) is 1. The van der Waals surface area contributed by atoms with E-state index < -0.39 is 0 Å². The number of nitrogens with one attached hydrogen (secondary N) is 1. The molecule has 0 aliphatic heterocycles. The van der Waals surface area contributed by atoms with Gasteiger partial charge in [-0.2, -0.15) is 0 Å². The second kappa shape index (κ2) is 6.64. The van der Waals surface area contributed by atoms with Crippen molar-refractivity contribution in [1.29, 1.82) is 0 Å². The molecular formula is C14H24N2OS. The highest BCUT2D eigenvalue weighted by atomic mass is 32.1. The lowest BCUT2D eigenvalue weighted by atomic mass is 10.1. The predicted molar refractivity (Wildman–Crippen MR) is 76.2 cm³/mol. The van der Waals surface area contributed by atoms with Gasteiger partial charge in [-0.3, -0.25) is 0 Å². The van der Waals surface area contributed by atoms with Crippen molar-refractivity contribution in [2.45, 2.75) is 45.6 Å². The van der Waals surface area contributed by atoms with E-state index in [-0.39, 0.29) is 0 Å². The second-order valence-corrected chi connectivity index (χ2v) is 6.63. The SMILES string of the molecule is COCCNCc1sc(CC(C)C)nc1C1CC1. The molecule has 1 heterocycles. The molecule has 102 valence electrons. The van der Waals surface area contributed by atoms with Crippen LogP contribution in [0.15, 0.2) is 0 Å². The summed E-state index contributed by atoms with van der Waals surface area (Å²) in [5.41, 5.74) is 1.38. The van der Waals surface area contributed by atoms with Crippen molar-refractivity contribution in [2.75, 3.05) is 20.3 Å². The molecule has 1 fully saturated rings. The topological polar surface area (TPSA) is 34.1 Å². The summed E-state index contributed by atoms with van der Waals surface area (Å²) in [4.78, 5) is 6.31. The minimum absolute atomic E-state index is 0.692. The Balaban J connectivity index is 1.95. The molecule has 4 heteroatoms. The van der Waals surface area contributed by atoms with E-state index in [1.54, 1.807) is 7.11 Å². The molecule has 0 radical (unpaired) electrons. The number of rotatable bonds is 8. The van der Waals surface area contributed by atoms with Gasteiger partial charge in [0.2, 0.25) is 0 Å². The first-order chi connectivity index (χ1) is 8.70. The average Bonchev–Trinajstić information content (AvgIpc) is 3.08. The highest BCUT2D eigenvalue weighted by Gasteiger charge is 2.29. The average molecular weight is 268 g/mol. The summed E-state index contributed by atoms with van der Waals surface area (Å²) >= 11 is 1.90. The molecule has 1 aliphatic carbocycles. The van der Waals surface area contributed by atoms with Gasteiger partial charge < -0.3 is 10.1 Å². The van der Waals surface area contributed by atoms with Gasteiger partial charge in [-0.15, -0.1) is 11.3 Å². The first-order valence-electron chi connectivity index (χ1n) is 6.88. The van der Waals surface area contributed by atoms with Gasteiger partial charge in [0, 0.05) is 37.4 Å². The van der Waals surface area contributed by atoms with Gasteiger partial charge in [0.05, 0.1) is 17.3 Å². The third-order valence-electron chi connectivity index (χ3n) is 3.09. The number of hydrogen-bond acceptors (Lipinski definition) is 4. The van der Waals surface area contributed by atoms with Crippen LogP contribution in [0, 0.1) is 5.92 Å². The first-order valence-corrected chi connectivity index (χ1v) is 7.70. The van der Waals surface area contributed by atoms with Crippen LogP contribution in [0.25, 0.3) is 0 Å². The largest absolute Gasteiger partial charge is 0.383 e. The minimum atomic E-state index is 0.692. The maximum Gasteiger partial charge on any atom is 0.0934 e. The lowest BCUT2D eigenvalue weighted by Crippen LogP contribution is -2.18. The molecule has 0 unspecified atom stereocenters. The van der Waals surface area contributed by atoms with Crippen LogP contribution < -0.4 is 5.32 Å². The van der Waals surface area contributed by atoms with Crippen molar-refractivity contribution in [3.63, 3.8) is 0 Å². The van der Waals surface area contributed by atoms with Crippen LogP contribution in [0.1, 0.15) is 48.2 Å². The Bertz CT molecular complexity index is 372. The molecule has 3 nitrogen and oxygen atoms in total. The summed E-state index contributed by atoms with van der Waals surface area (Å²) in [6.07, 6.45) is 3.77. The number of thiazole rings is 1. The van der Waals surface area contributed by atoms with Crippen molar-refractivity contribution in [2.24, 2.45) is 5.92 Å². The van der Waals surface area contributed by atoms with Crippen molar-refractivity contribution >= 4 is 11.3 Å². The van der Waals surface area contributed by atoms with Crippen LogP contribution in [-0.2, 0) is 17.7 Å². The number of methoxy groups -OCH3 is 1. The summed E-state index contributed by atoms with van der Waals surface area (Å²) < 4.78 is 5.05. The lowest BCUT2D eigenvalue weighted by Gasteiger charge is -2.03. The minimum Gasteiger partial charge on any atom is -0.383 e.